The topological polar surface area (TPSA) is 66.9 Å². The predicted octanol–water partition coefficient (Wildman–Crippen LogP) is 3.92. The van der Waals surface area contributed by atoms with Gasteiger partial charge in [0, 0.05) is 28.7 Å². The molecule has 0 saturated carbocycles. The number of carbonyl (C=O) groups excluding carboxylic acids is 1. The molecule has 0 unspecified atom stereocenters. The van der Waals surface area contributed by atoms with Crippen LogP contribution in [0.2, 0.25) is 0 Å². The van der Waals surface area contributed by atoms with Crippen LogP contribution in [0.5, 0.6) is 0 Å². The first-order valence-corrected chi connectivity index (χ1v) is 7.33. The fourth-order valence-corrected chi connectivity index (χ4v) is 2.18. The minimum atomic E-state index is -0.447. The first-order chi connectivity index (χ1) is 11.6. The van der Waals surface area contributed by atoms with E-state index in [2.05, 4.69) is 20.6 Å². The molecular weight excluding hydrogens is 307 g/mol. The Morgan fingerprint density at radius 1 is 1.00 bits per heavy atom. The number of nitrogens with one attached hydrogen (secondary N) is 2. The van der Waals surface area contributed by atoms with Crippen molar-refractivity contribution in [3.05, 3.63) is 78.0 Å². The van der Waals surface area contributed by atoms with E-state index >= 15 is 0 Å². The van der Waals surface area contributed by atoms with Crippen molar-refractivity contribution >= 4 is 23.1 Å². The van der Waals surface area contributed by atoms with Crippen LogP contribution in [0.1, 0.15) is 16.1 Å². The summed E-state index contributed by atoms with van der Waals surface area (Å²) in [5.41, 5.74) is 2.48. The maximum absolute atomic E-state index is 13.2. The van der Waals surface area contributed by atoms with E-state index in [0.717, 1.165) is 11.4 Å². The van der Waals surface area contributed by atoms with Gasteiger partial charge in [0.05, 0.1) is 0 Å². The van der Waals surface area contributed by atoms with E-state index in [1.54, 1.807) is 24.3 Å². The smallest absolute Gasteiger partial charge is 0.255 e. The van der Waals surface area contributed by atoms with Crippen LogP contribution in [-0.2, 0) is 0 Å². The average molecular weight is 322 g/mol. The van der Waals surface area contributed by atoms with Gasteiger partial charge in [0.15, 0.2) is 0 Å². The standard InChI is InChI=1S/C18H15FN4O/c1-12-8-17(21-11-20-12)22-15-6-3-7-16(10-15)23-18(24)13-4-2-5-14(19)9-13/h2-11H,1H3,(H,23,24)(H,20,21,22). The number of benzene rings is 2. The summed E-state index contributed by atoms with van der Waals surface area (Å²) < 4.78 is 13.2. The fraction of sp³-hybridized carbons (Fsp3) is 0.0556. The zero-order valence-corrected chi connectivity index (χ0v) is 13.0. The van der Waals surface area contributed by atoms with Crippen LogP contribution in [0, 0.1) is 12.7 Å². The van der Waals surface area contributed by atoms with Gasteiger partial charge in [-0.3, -0.25) is 4.79 Å². The number of carbonyl (C=O) groups is 1. The SMILES string of the molecule is Cc1cc(Nc2cccc(NC(=O)c3cccc(F)c3)c2)ncn1. The number of hydrogen-bond acceptors (Lipinski definition) is 4. The number of amides is 1. The van der Waals surface area contributed by atoms with Gasteiger partial charge in [-0.2, -0.15) is 0 Å². The summed E-state index contributed by atoms with van der Waals surface area (Å²) >= 11 is 0. The first-order valence-electron chi connectivity index (χ1n) is 7.33. The van der Waals surface area contributed by atoms with Crippen molar-refractivity contribution in [2.75, 3.05) is 10.6 Å². The van der Waals surface area contributed by atoms with Gasteiger partial charge in [-0.25, -0.2) is 14.4 Å². The van der Waals surface area contributed by atoms with E-state index in [0.29, 0.717) is 11.5 Å². The summed E-state index contributed by atoms with van der Waals surface area (Å²) in [6.07, 6.45) is 1.48. The van der Waals surface area contributed by atoms with Crippen LogP contribution in [0.3, 0.4) is 0 Å². The summed E-state index contributed by atoms with van der Waals surface area (Å²) in [6, 6.07) is 14.6. The normalized spacial score (nSPS) is 10.2. The molecule has 0 atom stereocenters. The molecule has 0 fully saturated rings. The molecule has 5 nitrogen and oxygen atoms in total. The monoisotopic (exact) mass is 322 g/mol. The van der Waals surface area contributed by atoms with Crippen molar-refractivity contribution in [1.82, 2.24) is 9.97 Å². The van der Waals surface area contributed by atoms with Crippen molar-refractivity contribution in [3.8, 4) is 0 Å². The third-order valence-electron chi connectivity index (χ3n) is 3.28. The number of anilines is 3. The number of halogens is 1. The molecule has 120 valence electrons. The molecule has 1 aromatic heterocycles. The highest BCUT2D eigenvalue weighted by atomic mass is 19.1. The zero-order valence-electron chi connectivity index (χ0n) is 13.0. The van der Waals surface area contributed by atoms with Gasteiger partial charge in [-0.1, -0.05) is 12.1 Å². The fourth-order valence-electron chi connectivity index (χ4n) is 2.18. The molecule has 0 radical (unpaired) electrons. The molecule has 0 aliphatic carbocycles. The maximum atomic E-state index is 13.2. The highest BCUT2D eigenvalue weighted by molar-refractivity contribution is 6.04. The van der Waals surface area contributed by atoms with Crippen LogP contribution in [0.15, 0.2) is 60.9 Å². The lowest BCUT2D eigenvalue weighted by molar-refractivity contribution is 0.102. The Bertz CT molecular complexity index is 882. The van der Waals surface area contributed by atoms with Gasteiger partial charge >= 0.3 is 0 Å². The van der Waals surface area contributed by atoms with E-state index in [4.69, 9.17) is 0 Å². The molecule has 2 N–H and O–H groups in total. The molecule has 2 aromatic carbocycles. The zero-order chi connectivity index (χ0) is 16.9. The highest BCUT2D eigenvalue weighted by Gasteiger charge is 2.07. The van der Waals surface area contributed by atoms with E-state index < -0.39 is 5.82 Å². The van der Waals surface area contributed by atoms with Crippen LogP contribution in [0.25, 0.3) is 0 Å². The number of aromatic nitrogens is 2. The molecule has 6 heteroatoms. The Kier molecular flexibility index (Phi) is 4.47. The molecular formula is C18H15FN4O. The Morgan fingerprint density at radius 2 is 1.79 bits per heavy atom. The van der Waals surface area contributed by atoms with Crippen molar-refractivity contribution in [1.29, 1.82) is 0 Å². The molecule has 3 aromatic rings. The predicted molar refractivity (Wildman–Crippen MR) is 90.8 cm³/mol. The number of rotatable bonds is 4. The van der Waals surface area contributed by atoms with Crippen molar-refractivity contribution in [2.24, 2.45) is 0 Å². The van der Waals surface area contributed by atoms with Gasteiger partial charge in [0.2, 0.25) is 0 Å². The van der Waals surface area contributed by atoms with Gasteiger partial charge in [-0.15, -0.1) is 0 Å². The van der Waals surface area contributed by atoms with Gasteiger partial charge < -0.3 is 10.6 Å². The van der Waals surface area contributed by atoms with Crippen LogP contribution in [0.4, 0.5) is 21.6 Å². The minimum absolute atomic E-state index is 0.264. The summed E-state index contributed by atoms with van der Waals surface area (Å²) in [7, 11) is 0. The van der Waals surface area contributed by atoms with Crippen LogP contribution >= 0.6 is 0 Å². The average Bonchev–Trinajstić information content (AvgIpc) is 2.55. The molecule has 0 saturated heterocycles. The quantitative estimate of drug-likeness (QED) is 0.764. The molecule has 24 heavy (non-hydrogen) atoms. The molecule has 0 bridgehead atoms. The second kappa shape index (κ2) is 6.87. The lowest BCUT2D eigenvalue weighted by Gasteiger charge is -2.09. The maximum Gasteiger partial charge on any atom is 0.255 e. The molecule has 0 aliphatic heterocycles. The third-order valence-corrected chi connectivity index (χ3v) is 3.28. The van der Waals surface area contributed by atoms with Crippen molar-refractivity contribution in [2.45, 2.75) is 6.92 Å². The molecule has 1 heterocycles. The molecule has 0 spiro atoms. The highest BCUT2D eigenvalue weighted by Crippen LogP contribution is 2.19. The number of aryl methyl sites for hydroxylation is 1. The lowest BCUT2D eigenvalue weighted by Crippen LogP contribution is -2.12. The van der Waals surface area contributed by atoms with Gasteiger partial charge in [0.1, 0.15) is 18.0 Å². The Labute approximate surface area is 138 Å². The summed E-state index contributed by atoms with van der Waals surface area (Å²) in [4.78, 5) is 20.3. The number of nitrogens with zero attached hydrogens (tertiary/aromatic N) is 2. The Hall–Kier alpha value is -3.28. The van der Waals surface area contributed by atoms with E-state index in [-0.39, 0.29) is 11.5 Å². The Balaban J connectivity index is 1.74. The second-order valence-corrected chi connectivity index (χ2v) is 5.21. The summed E-state index contributed by atoms with van der Waals surface area (Å²) in [5.74, 6) is -0.155. The van der Waals surface area contributed by atoms with E-state index in [9.17, 15) is 9.18 Å². The molecule has 1 amide bonds. The van der Waals surface area contributed by atoms with E-state index in [1.807, 2.05) is 19.1 Å². The third kappa shape index (κ3) is 3.92. The summed E-state index contributed by atoms with van der Waals surface area (Å²) in [6.45, 7) is 1.88. The minimum Gasteiger partial charge on any atom is -0.340 e. The molecule has 3 rings (SSSR count). The van der Waals surface area contributed by atoms with Gasteiger partial charge in [-0.05, 0) is 43.3 Å². The van der Waals surface area contributed by atoms with Crippen molar-refractivity contribution in [3.63, 3.8) is 0 Å². The summed E-state index contributed by atoms with van der Waals surface area (Å²) in [5, 5.41) is 5.89. The number of hydrogen-bond donors (Lipinski definition) is 2. The van der Waals surface area contributed by atoms with Crippen LogP contribution in [-0.4, -0.2) is 15.9 Å². The van der Waals surface area contributed by atoms with Crippen LogP contribution < -0.4 is 10.6 Å². The second-order valence-electron chi connectivity index (χ2n) is 5.21. The van der Waals surface area contributed by atoms with Gasteiger partial charge in [0.25, 0.3) is 5.91 Å². The van der Waals surface area contributed by atoms with Crippen molar-refractivity contribution < 1.29 is 9.18 Å². The first kappa shape index (κ1) is 15.6. The lowest BCUT2D eigenvalue weighted by atomic mass is 10.2. The molecule has 0 aliphatic rings. The Morgan fingerprint density at radius 3 is 2.58 bits per heavy atom. The van der Waals surface area contributed by atoms with E-state index in [1.165, 1.54) is 24.5 Å². The largest absolute Gasteiger partial charge is 0.340 e.